The van der Waals surface area contributed by atoms with Crippen molar-refractivity contribution in [1.29, 1.82) is 0 Å². The molecule has 92 valence electrons. The maximum Gasteiger partial charge on any atom is 0.127 e. The molecule has 0 aliphatic rings. The smallest absolute Gasteiger partial charge is 0.127 e. The van der Waals surface area contributed by atoms with Crippen LogP contribution in [0.3, 0.4) is 0 Å². The molecule has 0 bridgehead atoms. The number of rotatable bonds is 5. The van der Waals surface area contributed by atoms with Crippen molar-refractivity contribution in [1.82, 2.24) is 9.97 Å². The number of thiophene rings is 1. The third-order valence-electron chi connectivity index (χ3n) is 2.57. The molecule has 3 nitrogen and oxygen atoms in total. The van der Waals surface area contributed by atoms with Gasteiger partial charge < -0.3 is 4.74 Å². The summed E-state index contributed by atoms with van der Waals surface area (Å²) in [5.41, 5.74) is 1.02. The minimum Gasteiger partial charge on any atom is -0.383 e. The summed E-state index contributed by atoms with van der Waals surface area (Å²) in [6.07, 6.45) is 3.36. The zero-order chi connectivity index (χ0) is 12.3. The van der Waals surface area contributed by atoms with Crippen molar-refractivity contribution in [3.8, 4) is 0 Å². The molecule has 0 radical (unpaired) electrons. The van der Waals surface area contributed by atoms with Crippen molar-refractivity contribution in [3.05, 3.63) is 23.0 Å². The molecule has 0 spiro atoms. The van der Waals surface area contributed by atoms with Gasteiger partial charge in [-0.05, 0) is 12.5 Å². The molecule has 2 aromatic rings. The van der Waals surface area contributed by atoms with Gasteiger partial charge in [-0.25, -0.2) is 9.97 Å². The Balaban J connectivity index is 2.30. The number of fused-ring (bicyclic) bond motifs is 1. The van der Waals surface area contributed by atoms with Gasteiger partial charge in [0, 0.05) is 23.8 Å². The zero-order valence-electron chi connectivity index (χ0n) is 9.94. The predicted octanol–water partition coefficient (Wildman–Crippen LogP) is 3.05. The van der Waals surface area contributed by atoms with E-state index in [4.69, 9.17) is 16.3 Å². The second-order valence-corrected chi connectivity index (χ2v) is 5.59. The molecule has 2 rings (SSSR count). The van der Waals surface area contributed by atoms with Gasteiger partial charge in [-0.3, -0.25) is 0 Å². The summed E-state index contributed by atoms with van der Waals surface area (Å²) in [7, 11) is 1.66. The highest BCUT2D eigenvalue weighted by Gasteiger charge is 2.12. The monoisotopic (exact) mass is 270 g/mol. The first-order chi connectivity index (χ1) is 8.24. The number of aryl methyl sites for hydroxylation is 1. The molecule has 0 aliphatic carbocycles. The summed E-state index contributed by atoms with van der Waals surface area (Å²) >= 11 is 7.90. The quantitative estimate of drug-likeness (QED) is 0.784. The summed E-state index contributed by atoms with van der Waals surface area (Å²) in [5.74, 6) is 0. The van der Waals surface area contributed by atoms with E-state index in [0.29, 0.717) is 13.0 Å². The third kappa shape index (κ3) is 2.94. The normalized spacial score (nSPS) is 13.1. The Kier molecular flexibility index (Phi) is 4.31. The first kappa shape index (κ1) is 12.7. The molecule has 2 aromatic heterocycles. The lowest BCUT2D eigenvalue weighted by atomic mass is 10.1. The van der Waals surface area contributed by atoms with E-state index in [0.717, 1.165) is 22.3 Å². The molecule has 0 saturated heterocycles. The van der Waals surface area contributed by atoms with E-state index in [9.17, 15) is 0 Å². The van der Waals surface area contributed by atoms with Gasteiger partial charge in [-0.15, -0.1) is 22.9 Å². The zero-order valence-corrected chi connectivity index (χ0v) is 11.5. The van der Waals surface area contributed by atoms with Crippen LogP contribution in [0.5, 0.6) is 0 Å². The lowest BCUT2D eigenvalue weighted by Gasteiger charge is -2.07. The highest BCUT2D eigenvalue weighted by molar-refractivity contribution is 7.18. The lowest BCUT2D eigenvalue weighted by Crippen LogP contribution is -2.11. The Morgan fingerprint density at radius 1 is 1.47 bits per heavy atom. The molecule has 0 aliphatic heterocycles. The molecule has 0 saturated carbocycles. The minimum atomic E-state index is -0.0388. The van der Waals surface area contributed by atoms with E-state index < -0.39 is 0 Å². The van der Waals surface area contributed by atoms with Gasteiger partial charge in [0.2, 0.25) is 0 Å². The van der Waals surface area contributed by atoms with Crippen LogP contribution in [0.4, 0.5) is 0 Å². The number of ether oxygens (including phenoxy) is 1. The molecule has 1 unspecified atom stereocenters. The Morgan fingerprint density at radius 3 is 3.00 bits per heavy atom. The molecule has 1 atom stereocenters. The van der Waals surface area contributed by atoms with Gasteiger partial charge in [0.25, 0.3) is 0 Å². The summed E-state index contributed by atoms with van der Waals surface area (Å²) < 4.78 is 5.04. The first-order valence-electron chi connectivity index (χ1n) is 5.60. The second kappa shape index (κ2) is 5.76. The third-order valence-corrected chi connectivity index (χ3v) is 4.04. The number of nitrogens with zero attached hydrogens (tertiary/aromatic N) is 2. The molecular formula is C12H15ClN2OS. The number of hydrogen-bond donors (Lipinski definition) is 0. The van der Waals surface area contributed by atoms with E-state index >= 15 is 0 Å². The highest BCUT2D eigenvalue weighted by Crippen LogP contribution is 2.26. The van der Waals surface area contributed by atoms with Crippen LogP contribution in [0.2, 0.25) is 0 Å². The number of hydrogen-bond acceptors (Lipinski definition) is 4. The van der Waals surface area contributed by atoms with Crippen LogP contribution >= 0.6 is 22.9 Å². The fourth-order valence-electron chi connectivity index (χ4n) is 1.74. The second-order valence-electron chi connectivity index (χ2n) is 3.86. The minimum absolute atomic E-state index is 0.0388. The molecule has 0 N–H and O–H groups in total. The van der Waals surface area contributed by atoms with E-state index in [2.05, 4.69) is 23.0 Å². The van der Waals surface area contributed by atoms with Gasteiger partial charge in [0.15, 0.2) is 0 Å². The Bertz CT molecular complexity index is 500. The standard InChI is InChI=1S/C12H15ClN2OS/c1-3-9-5-10-11(4-8(13)6-16-2)14-7-15-12(10)17-9/h5,7-8H,3-4,6H2,1-2H3. The van der Waals surface area contributed by atoms with E-state index in [-0.39, 0.29) is 5.38 Å². The molecule has 2 heterocycles. The van der Waals surface area contributed by atoms with Gasteiger partial charge in [0.05, 0.1) is 17.7 Å². The van der Waals surface area contributed by atoms with Crippen molar-refractivity contribution in [2.45, 2.75) is 25.1 Å². The van der Waals surface area contributed by atoms with Crippen LogP contribution in [-0.4, -0.2) is 29.1 Å². The summed E-state index contributed by atoms with van der Waals surface area (Å²) in [5, 5.41) is 1.10. The molecule has 5 heteroatoms. The van der Waals surface area contributed by atoms with Crippen LogP contribution < -0.4 is 0 Å². The fourth-order valence-corrected chi connectivity index (χ4v) is 2.97. The van der Waals surface area contributed by atoms with Gasteiger partial charge in [0.1, 0.15) is 11.2 Å². The SMILES string of the molecule is CCc1cc2c(CC(Cl)COC)ncnc2s1. The van der Waals surface area contributed by atoms with Crippen LogP contribution in [0, 0.1) is 0 Å². The van der Waals surface area contributed by atoms with Crippen molar-refractivity contribution >= 4 is 33.2 Å². The van der Waals surface area contributed by atoms with E-state index in [1.165, 1.54) is 4.88 Å². The average Bonchev–Trinajstić information content (AvgIpc) is 2.73. The lowest BCUT2D eigenvalue weighted by molar-refractivity contribution is 0.197. The Morgan fingerprint density at radius 2 is 2.29 bits per heavy atom. The maximum absolute atomic E-state index is 6.17. The van der Waals surface area contributed by atoms with E-state index in [1.54, 1.807) is 24.8 Å². The molecule has 0 fully saturated rings. The van der Waals surface area contributed by atoms with Crippen LogP contribution in [0.25, 0.3) is 10.2 Å². The first-order valence-corrected chi connectivity index (χ1v) is 6.85. The average molecular weight is 271 g/mol. The summed E-state index contributed by atoms with van der Waals surface area (Å²) in [4.78, 5) is 11.0. The van der Waals surface area contributed by atoms with Crippen molar-refractivity contribution in [2.75, 3.05) is 13.7 Å². The Labute approximate surface area is 110 Å². The van der Waals surface area contributed by atoms with Gasteiger partial charge in [-0.2, -0.15) is 0 Å². The number of alkyl halides is 1. The van der Waals surface area contributed by atoms with Crippen LogP contribution in [0.15, 0.2) is 12.4 Å². The topological polar surface area (TPSA) is 35.0 Å². The molecule has 17 heavy (non-hydrogen) atoms. The molecular weight excluding hydrogens is 256 g/mol. The highest BCUT2D eigenvalue weighted by atomic mass is 35.5. The fraction of sp³-hybridized carbons (Fsp3) is 0.500. The number of halogens is 1. The van der Waals surface area contributed by atoms with E-state index in [1.807, 2.05) is 0 Å². The maximum atomic E-state index is 6.17. The summed E-state index contributed by atoms with van der Waals surface area (Å²) in [6.45, 7) is 2.69. The van der Waals surface area contributed by atoms with Crippen molar-refractivity contribution < 1.29 is 4.74 Å². The largest absolute Gasteiger partial charge is 0.383 e. The van der Waals surface area contributed by atoms with Crippen LogP contribution in [0.1, 0.15) is 17.5 Å². The van der Waals surface area contributed by atoms with Crippen LogP contribution in [-0.2, 0) is 17.6 Å². The van der Waals surface area contributed by atoms with Gasteiger partial charge >= 0.3 is 0 Å². The molecule has 0 aromatic carbocycles. The Hall–Kier alpha value is -0.710. The summed E-state index contributed by atoms with van der Waals surface area (Å²) in [6, 6.07) is 2.17. The number of methoxy groups -OCH3 is 1. The van der Waals surface area contributed by atoms with Crippen molar-refractivity contribution in [3.63, 3.8) is 0 Å². The molecule has 0 amide bonds. The van der Waals surface area contributed by atoms with Gasteiger partial charge in [-0.1, -0.05) is 6.92 Å². The van der Waals surface area contributed by atoms with Crippen molar-refractivity contribution in [2.24, 2.45) is 0 Å². The number of aromatic nitrogens is 2. The predicted molar refractivity (Wildman–Crippen MR) is 72.0 cm³/mol.